The third-order valence-electron chi connectivity index (χ3n) is 6.90. The van der Waals surface area contributed by atoms with Gasteiger partial charge in [0.1, 0.15) is 11.1 Å². The van der Waals surface area contributed by atoms with E-state index in [2.05, 4.69) is 28.6 Å². The number of amides is 1. The fourth-order valence-electron chi connectivity index (χ4n) is 5.10. The molecule has 1 unspecified atom stereocenters. The van der Waals surface area contributed by atoms with E-state index < -0.39 is 0 Å². The molecule has 1 saturated carbocycles. The summed E-state index contributed by atoms with van der Waals surface area (Å²) in [5.41, 5.74) is 3.13. The van der Waals surface area contributed by atoms with E-state index in [1.165, 1.54) is 25.7 Å². The lowest BCUT2D eigenvalue weighted by Crippen LogP contribution is -2.55. The Balaban J connectivity index is 1.38. The van der Waals surface area contributed by atoms with Crippen molar-refractivity contribution in [3.8, 4) is 0 Å². The average Bonchev–Trinajstić information content (AvgIpc) is 3.61. The van der Waals surface area contributed by atoms with Gasteiger partial charge in [-0.3, -0.25) is 9.79 Å². The molecule has 0 radical (unpaired) electrons. The van der Waals surface area contributed by atoms with E-state index in [1.54, 1.807) is 11.8 Å². The van der Waals surface area contributed by atoms with Crippen LogP contribution in [0.5, 0.6) is 0 Å². The second-order valence-corrected chi connectivity index (χ2v) is 10.9. The molecule has 2 atom stereocenters. The number of ether oxygens (including phenoxy) is 1. The van der Waals surface area contributed by atoms with E-state index in [9.17, 15) is 4.79 Å². The van der Waals surface area contributed by atoms with Gasteiger partial charge in [-0.25, -0.2) is 0 Å². The highest BCUT2D eigenvalue weighted by molar-refractivity contribution is 8.14. The molecule has 0 bridgehead atoms. The number of nitrogens with zero attached hydrogens (tertiary/aromatic N) is 2. The smallest absolute Gasteiger partial charge is 0.242 e. The first-order valence-corrected chi connectivity index (χ1v) is 13.9. The highest BCUT2D eigenvalue weighted by atomic mass is 35.5. The number of aliphatic imine (C=N–C) groups is 1. The maximum absolute atomic E-state index is 13.3. The van der Waals surface area contributed by atoms with Crippen molar-refractivity contribution in [2.75, 3.05) is 43.9 Å². The molecular weight excluding hydrogens is 470 g/mol. The zero-order valence-corrected chi connectivity index (χ0v) is 21.3. The molecule has 5 rings (SSSR count). The van der Waals surface area contributed by atoms with Crippen molar-refractivity contribution in [3.05, 3.63) is 28.9 Å². The second-order valence-electron chi connectivity index (χ2n) is 9.41. The Bertz CT molecular complexity index is 1050. The summed E-state index contributed by atoms with van der Waals surface area (Å²) in [4.78, 5) is 23.9. The molecule has 1 aliphatic carbocycles. The molecule has 1 aromatic heterocycles. The summed E-state index contributed by atoms with van der Waals surface area (Å²) in [5.74, 6) is 0.926. The predicted molar refractivity (Wildman–Crippen MR) is 141 cm³/mol. The van der Waals surface area contributed by atoms with Gasteiger partial charge in [0.25, 0.3) is 0 Å². The highest BCUT2D eigenvalue weighted by Crippen LogP contribution is 2.34. The minimum absolute atomic E-state index is 0.0898. The molecule has 34 heavy (non-hydrogen) atoms. The topological polar surface area (TPSA) is 81.8 Å². The minimum atomic E-state index is -0.304. The van der Waals surface area contributed by atoms with Crippen LogP contribution in [0.25, 0.3) is 10.9 Å². The molecule has 3 aliphatic rings. The first kappa shape index (κ1) is 24.0. The molecule has 7 nitrogen and oxygen atoms in total. The number of carbonyl (C=O) groups excluding carboxylic acids is 1. The van der Waals surface area contributed by atoms with Crippen molar-refractivity contribution in [1.82, 2.24) is 15.2 Å². The predicted octanol–water partition coefficient (Wildman–Crippen LogP) is 4.26. The SMILES string of the molecule is CCCNC(C(=O)N1CCOCC1)[C@@H]1CSC(c2cc3cc(Cl)cc(NC4CCCC4)c3[nH]2)=N1. The molecule has 1 amide bonds. The van der Waals surface area contributed by atoms with Gasteiger partial charge in [-0.1, -0.05) is 31.4 Å². The van der Waals surface area contributed by atoms with Crippen molar-refractivity contribution in [3.63, 3.8) is 0 Å². The Hall–Kier alpha value is -1.74. The van der Waals surface area contributed by atoms with Gasteiger partial charge in [-0.05, 0) is 44.0 Å². The Morgan fingerprint density at radius 3 is 2.85 bits per heavy atom. The van der Waals surface area contributed by atoms with E-state index >= 15 is 0 Å². The van der Waals surface area contributed by atoms with E-state index in [0.29, 0.717) is 32.3 Å². The van der Waals surface area contributed by atoms with E-state index in [-0.39, 0.29) is 18.0 Å². The van der Waals surface area contributed by atoms with Gasteiger partial charge < -0.3 is 25.3 Å². The number of aromatic amines is 1. The number of aromatic nitrogens is 1. The Kier molecular flexibility index (Phi) is 7.68. The number of anilines is 1. The maximum atomic E-state index is 13.3. The molecule has 2 aromatic rings. The number of thioether (sulfide) groups is 1. The Morgan fingerprint density at radius 2 is 2.09 bits per heavy atom. The number of morpholine rings is 1. The molecule has 1 saturated heterocycles. The third-order valence-corrected chi connectivity index (χ3v) is 8.23. The molecule has 2 aliphatic heterocycles. The Morgan fingerprint density at radius 1 is 1.29 bits per heavy atom. The van der Waals surface area contributed by atoms with Gasteiger partial charge in [-0.15, -0.1) is 11.8 Å². The van der Waals surface area contributed by atoms with Crippen LogP contribution >= 0.6 is 23.4 Å². The number of nitrogens with one attached hydrogen (secondary N) is 3. The molecule has 3 heterocycles. The highest BCUT2D eigenvalue weighted by Gasteiger charge is 2.35. The second kappa shape index (κ2) is 10.9. The van der Waals surface area contributed by atoms with Crippen LogP contribution in [0, 0.1) is 0 Å². The van der Waals surface area contributed by atoms with Crippen molar-refractivity contribution < 1.29 is 9.53 Å². The summed E-state index contributed by atoms with van der Waals surface area (Å²) in [6.07, 6.45) is 5.94. The van der Waals surface area contributed by atoms with Crippen LogP contribution in [-0.4, -0.2) is 77.6 Å². The quantitative estimate of drug-likeness (QED) is 0.501. The Labute approximate surface area is 210 Å². The molecular formula is C25H34ClN5O2S. The number of hydrogen-bond acceptors (Lipinski definition) is 6. The number of rotatable bonds is 8. The van der Waals surface area contributed by atoms with Gasteiger partial charge in [0.15, 0.2) is 0 Å². The van der Waals surface area contributed by atoms with Crippen LogP contribution in [0.2, 0.25) is 5.02 Å². The van der Waals surface area contributed by atoms with Gasteiger partial charge in [0.2, 0.25) is 5.91 Å². The zero-order chi connectivity index (χ0) is 23.5. The number of carbonyl (C=O) groups is 1. The third kappa shape index (κ3) is 5.25. The van der Waals surface area contributed by atoms with E-state index in [1.807, 2.05) is 17.0 Å². The zero-order valence-electron chi connectivity index (χ0n) is 19.7. The van der Waals surface area contributed by atoms with Crippen molar-refractivity contribution in [1.29, 1.82) is 0 Å². The number of fused-ring (bicyclic) bond motifs is 1. The standard InChI is InChI=1S/C25H34ClN5O2S/c1-2-7-27-23(25(32)31-8-10-33-11-9-31)21-15-34-24(30-21)20-13-16-12-17(26)14-19(22(16)29-20)28-18-5-3-4-6-18/h12-14,18,21,23,27-29H,2-11,15H2,1H3/t21-,23?/m0/s1. The van der Waals surface area contributed by atoms with Crippen LogP contribution in [0.15, 0.2) is 23.2 Å². The number of hydrogen-bond donors (Lipinski definition) is 3. The van der Waals surface area contributed by atoms with Gasteiger partial charge in [0.05, 0.1) is 36.2 Å². The summed E-state index contributed by atoms with van der Waals surface area (Å²) in [6, 6.07) is 6.26. The molecule has 0 spiro atoms. The molecule has 184 valence electrons. The minimum Gasteiger partial charge on any atom is -0.381 e. The number of halogens is 1. The van der Waals surface area contributed by atoms with Crippen LogP contribution < -0.4 is 10.6 Å². The van der Waals surface area contributed by atoms with Gasteiger partial charge in [0, 0.05) is 35.3 Å². The maximum Gasteiger partial charge on any atom is 0.242 e. The van der Waals surface area contributed by atoms with Crippen LogP contribution in [0.4, 0.5) is 5.69 Å². The summed E-state index contributed by atoms with van der Waals surface area (Å²) in [5, 5.41) is 9.95. The van der Waals surface area contributed by atoms with Crippen molar-refractivity contribution >= 4 is 50.9 Å². The normalized spacial score (nSPS) is 22.4. The fraction of sp³-hybridized carbons (Fsp3) is 0.600. The first-order chi connectivity index (χ1) is 16.6. The summed E-state index contributed by atoms with van der Waals surface area (Å²) in [7, 11) is 0. The van der Waals surface area contributed by atoms with E-state index in [0.717, 1.165) is 51.1 Å². The lowest BCUT2D eigenvalue weighted by Gasteiger charge is -2.32. The van der Waals surface area contributed by atoms with Crippen molar-refractivity contribution in [2.45, 2.75) is 57.2 Å². The summed E-state index contributed by atoms with van der Waals surface area (Å²) >= 11 is 8.17. The molecule has 2 fully saturated rings. The van der Waals surface area contributed by atoms with E-state index in [4.69, 9.17) is 21.3 Å². The lowest BCUT2D eigenvalue weighted by molar-refractivity contribution is -0.137. The van der Waals surface area contributed by atoms with Crippen LogP contribution in [0.3, 0.4) is 0 Å². The van der Waals surface area contributed by atoms with Crippen LogP contribution in [0.1, 0.15) is 44.7 Å². The molecule has 1 aromatic carbocycles. The van der Waals surface area contributed by atoms with Gasteiger partial charge in [-0.2, -0.15) is 0 Å². The summed E-state index contributed by atoms with van der Waals surface area (Å²) < 4.78 is 5.43. The number of benzene rings is 1. The molecule has 9 heteroatoms. The summed E-state index contributed by atoms with van der Waals surface area (Å²) in [6.45, 7) is 5.43. The number of H-pyrrole nitrogens is 1. The monoisotopic (exact) mass is 503 g/mol. The average molecular weight is 504 g/mol. The molecule has 3 N–H and O–H groups in total. The van der Waals surface area contributed by atoms with Gasteiger partial charge >= 0.3 is 0 Å². The first-order valence-electron chi connectivity index (χ1n) is 12.5. The fourth-order valence-corrected chi connectivity index (χ4v) is 6.40. The lowest BCUT2D eigenvalue weighted by atomic mass is 10.1. The van der Waals surface area contributed by atoms with Crippen molar-refractivity contribution in [2.24, 2.45) is 4.99 Å². The largest absolute Gasteiger partial charge is 0.381 e. The van der Waals surface area contributed by atoms with Crippen LogP contribution in [-0.2, 0) is 9.53 Å².